The Morgan fingerprint density at radius 2 is 1.74 bits per heavy atom. The number of aromatic nitrogens is 1. The predicted molar refractivity (Wildman–Crippen MR) is 130 cm³/mol. The van der Waals surface area contributed by atoms with Gasteiger partial charge >= 0.3 is 0 Å². The molecule has 11 heteroatoms. The van der Waals surface area contributed by atoms with Crippen molar-refractivity contribution in [1.82, 2.24) is 19.8 Å². The van der Waals surface area contributed by atoms with Gasteiger partial charge in [0.2, 0.25) is 0 Å². The lowest BCUT2D eigenvalue weighted by Gasteiger charge is -2.34. The zero-order valence-electron chi connectivity index (χ0n) is 19.0. The Kier molecular flexibility index (Phi) is 7.95. The van der Waals surface area contributed by atoms with Crippen molar-refractivity contribution in [3.05, 3.63) is 83.3 Å². The van der Waals surface area contributed by atoms with Gasteiger partial charge in [-0.1, -0.05) is 24.8 Å². The Morgan fingerprint density at radius 3 is 2.34 bits per heavy atom. The molecule has 2 heterocycles. The van der Waals surface area contributed by atoms with Gasteiger partial charge in [0.25, 0.3) is 17.6 Å². The molecule has 3 rings (SSSR count). The summed E-state index contributed by atoms with van der Waals surface area (Å²) in [7, 11) is 0. The Hall–Kier alpha value is -4.51. The molecule has 35 heavy (non-hydrogen) atoms. The van der Waals surface area contributed by atoms with Crippen LogP contribution in [0.4, 0.5) is 4.39 Å². The molecule has 0 bridgehead atoms. The van der Waals surface area contributed by atoms with Crippen LogP contribution in [0.2, 0.25) is 0 Å². The summed E-state index contributed by atoms with van der Waals surface area (Å²) in [6.45, 7) is 7.52. The third kappa shape index (κ3) is 5.36. The monoisotopic (exact) mass is 479 g/mol. The van der Waals surface area contributed by atoms with Gasteiger partial charge < -0.3 is 20.5 Å². The first kappa shape index (κ1) is 25.1. The predicted octanol–water partition coefficient (Wildman–Crippen LogP) is -0.182. The van der Waals surface area contributed by atoms with Crippen molar-refractivity contribution >= 4 is 36.0 Å². The minimum atomic E-state index is -0.929. The molecule has 1 aromatic heterocycles. The molecule has 0 unspecified atom stereocenters. The molecular formula is C24H26FN7O3. The lowest BCUT2D eigenvalue weighted by atomic mass is 10.1. The molecule has 0 aliphatic carbocycles. The van der Waals surface area contributed by atoms with Crippen LogP contribution in [0.3, 0.4) is 0 Å². The van der Waals surface area contributed by atoms with Gasteiger partial charge in [0.05, 0.1) is 16.1 Å². The number of ketones is 1. The quantitative estimate of drug-likeness (QED) is 0.165. The smallest absolute Gasteiger partial charge is 0.295 e. The molecule has 2 amide bonds. The number of carbonyl (C=O) groups excluding carboxylic acids is 3. The van der Waals surface area contributed by atoms with Crippen LogP contribution in [0.25, 0.3) is 11.6 Å². The minimum absolute atomic E-state index is 0.00645. The van der Waals surface area contributed by atoms with Crippen molar-refractivity contribution in [1.29, 1.82) is 0 Å². The molecule has 0 saturated carbocycles. The number of carbonyl (C=O) groups is 3. The average molecular weight is 480 g/mol. The van der Waals surface area contributed by atoms with Crippen molar-refractivity contribution in [3.8, 4) is 0 Å². The van der Waals surface area contributed by atoms with E-state index in [1.54, 1.807) is 29.2 Å². The Morgan fingerprint density at radius 1 is 1.11 bits per heavy atom. The lowest BCUT2D eigenvalue weighted by Crippen LogP contribution is -2.52. The number of hydrogen-bond acceptors (Lipinski definition) is 7. The number of piperazine rings is 1. The first-order chi connectivity index (χ1) is 16.8. The second-order valence-electron chi connectivity index (χ2n) is 7.56. The van der Waals surface area contributed by atoms with Gasteiger partial charge in [0, 0.05) is 50.3 Å². The number of nitrogens with zero attached hydrogens (tertiary/aromatic N) is 4. The number of halogens is 1. The zero-order chi connectivity index (χ0) is 25.5. The van der Waals surface area contributed by atoms with E-state index in [4.69, 9.17) is 11.6 Å². The summed E-state index contributed by atoms with van der Waals surface area (Å²) < 4.78 is 14.7. The van der Waals surface area contributed by atoms with Crippen molar-refractivity contribution in [2.75, 3.05) is 26.2 Å². The highest BCUT2D eigenvalue weighted by Crippen LogP contribution is 2.10. The number of Topliss-reactive ketones (excluding diaryl/α,β-unsaturated/α-hetero) is 1. The number of aromatic amines is 1. The Labute approximate surface area is 201 Å². The number of hydrazine groups is 1. The number of rotatable bonds is 7. The summed E-state index contributed by atoms with van der Waals surface area (Å²) >= 11 is 0. The molecule has 10 nitrogen and oxygen atoms in total. The summed E-state index contributed by atoms with van der Waals surface area (Å²) in [5.74, 6) is 2.92. The lowest BCUT2D eigenvalue weighted by molar-refractivity contribution is -0.127. The number of nitrogens with one attached hydrogen (secondary N) is 1. The summed E-state index contributed by atoms with van der Waals surface area (Å²) in [5, 5.41) is 0.719. The summed E-state index contributed by atoms with van der Waals surface area (Å²) in [6, 6.07) is 8.79. The molecule has 1 aliphatic rings. The zero-order valence-corrected chi connectivity index (χ0v) is 19.0. The third-order valence-electron chi connectivity index (χ3n) is 5.48. The number of amides is 2. The molecule has 1 aromatic carbocycles. The van der Waals surface area contributed by atoms with Crippen molar-refractivity contribution < 1.29 is 18.8 Å². The Balaban J connectivity index is 1.84. The maximum Gasteiger partial charge on any atom is 0.295 e. The molecule has 5 N–H and O–H groups in total. The number of benzene rings is 1. The van der Waals surface area contributed by atoms with Gasteiger partial charge in [0.15, 0.2) is 0 Å². The summed E-state index contributed by atoms with van der Waals surface area (Å²) in [5.41, 5.74) is 6.34. The highest BCUT2D eigenvalue weighted by molar-refractivity contribution is 6.42. The van der Waals surface area contributed by atoms with E-state index in [1.165, 1.54) is 23.5 Å². The van der Waals surface area contributed by atoms with E-state index >= 15 is 0 Å². The van der Waals surface area contributed by atoms with E-state index in [2.05, 4.69) is 23.3 Å². The van der Waals surface area contributed by atoms with Crippen LogP contribution in [0.5, 0.6) is 0 Å². The van der Waals surface area contributed by atoms with Gasteiger partial charge in [-0.25, -0.2) is 10.2 Å². The third-order valence-corrected chi connectivity index (χ3v) is 5.48. The van der Waals surface area contributed by atoms with Crippen LogP contribution in [0.15, 0.2) is 66.6 Å². The molecule has 1 saturated heterocycles. The van der Waals surface area contributed by atoms with Gasteiger partial charge in [0.1, 0.15) is 11.6 Å². The number of H-pyrrole nitrogens is 1. The number of allylic oxidation sites excluding steroid dienone is 1. The summed E-state index contributed by atoms with van der Waals surface area (Å²) in [6.07, 6.45) is 4.64. The standard InChI is InChI=1S/C24H26FN7O3/c1-3-18(25)19-17(15-29-20(19)22(26)32(27)10-9-28-2)21(33)24(35)31-13-11-30(12-14-31)23(34)16-7-5-4-6-8-16/h3-10,15,29H,1-2,11-14,26-27H2/b10-9-,19-18+,22-20-. The van der Waals surface area contributed by atoms with Crippen LogP contribution >= 0.6 is 0 Å². The van der Waals surface area contributed by atoms with Crippen molar-refractivity contribution in [2.24, 2.45) is 16.6 Å². The van der Waals surface area contributed by atoms with E-state index in [9.17, 15) is 18.8 Å². The van der Waals surface area contributed by atoms with Crippen LogP contribution < -0.4 is 22.1 Å². The molecule has 0 spiro atoms. The number of aliphatic imine (C=N–C) groups is 1. The number of hydrogen-bond donors (Lipinski definition) is 3. The highest BCUT2D eigenvalue weighted by Gasteiger charge is 2.30. The van der Waals surface area contributed by atoms with Gasteiger partial charge in [-0.05, 0) is 24.9 Å². The van der Waals surface area contributed by atoms with E-state index in [0.717, 1.165) is 11.1 Å². The van der Waals surface area contributed by atoms with Crippen LogP contribution in [-0.2, 0) is 4.79 Å². The van der Waals surface area contributed by atoms with E-state index < -0.39 is 17.5 Å². The Bertz CT molecular complexity index is 1290. The maximum atomic E-state index is 14.7. The molecule has 2 aromatic rings. The van der Waals surface area contributed by atoms with Gasteiger partial charge in [-0.15, -0.1) is 0 Å². The maximum absolute atomic E-state index is 14.7. The van der Waals surface area contributed by atoms with Crippen LogP contribution in [-0.4, -0.2) is 70.3 Å². The summed E-state index contributed by atoms with van der Waals surface area (Å²) in [4.78, 5) is 47.8. The number of nitrogens with two attached hydrogens (primary N) is 2. The molecule has 0 radical (unpaired) electrons. The van der Waals surface area contributed by atoms with E-state index in [1.807, 2.05) is 6.07 Å². The van der Waals surface area contributed by atoms with Crippen LogP contribution in [0, 0.1) is 0 Å². The fraction of sp³-hybridized carbons (Fsp3) is 0.167. The van der Waals surface area contributed by atoms with Crippen molar-refractivity contribution in [3.63, 3.8) is 0 Å². The average Bonchev–Trinajstić information content (AvgIpc) is 3.35. The molecule has 1 aliphatic heterocycles. The first-order valence-corrected chi connectivity index (χ1v) is 10.6. The highest BCUT2D eigenvalue weighted by atomic mass is 19.1. The fourth-order valence-electron chi connectivity index (χ4n) is 3.62. The van der Waals surface area contributed by atoms with Crippen LogP contribution in [0.1, 0.15) is 20.7 Å². The normalized spacial score (nSPS) is 15.5. The SMILES string of the molecule is C=C/C(F)=c1/c(C(=O)C(=O)N2CCN(C(=O)c3ccccc3)CC2)c[nH]/c1=C(/N)N(N)/C=C\N=C. The van der Waals surface area contributed by atoms with Gasteiger partial charge in [-0.3, -0.25) is 24.4 Å². The fourth-order valence-corrected chi connectivity index (χ4v) is 3.62. The molecule has 182 valence electrons. The van der Waals surface area contributed by atoms with E-state index in [0.29, 0.717) is 5.56 Å². The second kappa shape index (κ2) is 11.1. The topological polar surface area (TPSA) is 141 Å². The van der Waals surface area contributed by atoms with Crippen molar-refractivity contribution in [2.45, 2.75) is 0 Å². The minimum Gasteiger partial charge on any atom is -0.382 e. The largest absolute Gasteiger partial charge is 0.382 e. The molecular weight excluding hydrogens is 453 g/mol. The van der Waals surface area contributed by atoms with E-state index in [-0.39, 0.29) is 54.0 Å². The second-order valence-corrected chi connectivity index (χ2v) is 7.56. The van der Waals surface area contributed by atoms with Gasteiger partial charge in [-0.2, -0.15) is 0 Å². The molecule has 1 fully saturated rings. The molecule has 0 atom stereocenters. The first-order valence-electron chi connectivity index (χ1n) is 10.6.